The van der Waals surface area contributed by atoms with Crippen LogP contribution in [-0.2, 0) is 51.5 Å². The summed E-state index contributed by atoms with van der Waals surface area (Å²) in [6.07, 6.45) is 0. The van der Waals surface area contributed by atoms with E-state index in [0.717, 1.165) is 0 Å². The first kappa shape index (κ1) is 19.8. The van der Waals surface area contributed by atoms with Crippen LogP contribution in [0.5, 0.6) is 0 Å². The second-order valence-corrected chi connectivity index (χ2v) is 3.68. The third-order valence-electron chi connectivity index (χ3n) is 0.671. The molecule has 0 aromatic carbocycles. The molecule has 2 N–H and O–H groups in total. The Morgan fingerprint density at radius 3 is 2.00 bits per heavy atom. The number of thiocarbonyl (C=S) groups is 2. The molecule has 0 spiro atoms. The van der Waals surface area contributed by atoms with Gasteiger partial charge >= 0.3 is 38.9 Å². The van der Waals surface area contributed by atoms with Crippen molar-refractivity contribution in [3.8, 4) is 0 Å². The zero-order chi connectivity index (χ0) is 9.98. The summed E-state index contributed by atoms with van der Waals surface area (Å²) in [6.45, 7) is 1.38. The normalized spacial score (nSPS) is 7.00. The van der Waals surface area contributed by atoms with Crippen LogP contribution in [0.3, 0.4) is 0 Å². The summed E-state index contributed by atoms with van der Waals surface area (Å²) in [4.78, 5) is 0. The summed E-state index contributed by atoms with van der Waals surface area (Å²) in [6, 6.07) is 0. The minimum atomic E-state index is 0. The monoisotopic (exact) mass is 354 g/mol. The Kier molecular flexibility index (Phi) is 24.0. The first-order chi connectivity index (χ1) is 5.63. The predicted octanol–water partition coefficient (Wildman–Crippen LogP) is 0.0883. The second kappa shape index (κ2) is 15.8. The van der Waals surface area contributed by atoms with E-state index >= 15 is 0 Å². The molecule has 13 heavy (non-hydrogen) atoms. The van der Waals surface area contributed by atoms with Crippen LogP contribution in [0.1, 0.15) is 0 Å². The fourth-order valence-corrected chi connectivity index (χ4v) is 0.752. The van der Waals surface area contributed by atoms with Crippen LogP contribution in [0, 0.1) is 0 Å². The standard InChI is InChI=1S/C4H8N2S4.Cu.O.Zn/c7-3(8)5-1-2-6-4(9)10;;;/h1-2H2,(H2,5,7,8)(H2,6,9,10);;;/q;+1;;/p-1. The van der Waals surface area contributed by atoms with Gasteiger partial charge in [-0.05, 0) is 0 Å². The number of hydrogen-bond acceptors (Lipinski definition) is 4. The van der Waals surface area contributed by atoms with E-state index in [2.05, 4.69) is 60.3 Å². The molecule has 0 amide bonds. The Balaban J connectivity index is -0.000000309. The molecular formula is C4H7CuN2OS4Zn. The van der Waals surface area contributed by atoms with Gasteiger partial charge in [0.25, 0.3) is 0 Å². The summed E-state index contributed by atoms with van der Waals surface area (Å²) in [7, 11) is 0. The Bertz CT molecular complexity index is 145. The van der Waals surface area contributed by atoms with Gasteiger partial charge in [-0.25, -0.2) is 0 Å². The quantitative estimate of drug-likeness (QED) is 0.219. The van der Waals surface area contributed by atoms with E-state index in [1.54, 1.807) is 0 Å². The first-order valence-corrected chi connectivity index (χ1v) is 5.72. The summed E-state index contributed by atoms with van der Waals surface area (Å²) >= 11 is 17.8. The molecule has 0 unspecified atom stereocenters. The first-order valence-electron chi connectivity index (χ1n) is 2.83. The Morgan fingerprint density at radius 2 is 1.69 bits per heavy atom. The van der Waals surface area contributed by atoms with Crippen molar-refractivity contribution in [3.63, 3.8) is 0 Å². The molecule has 9 heteroatoms. The van der Waals surface area contributed by atoms with Gasteiger partial charge in [-0.1, -0.05) is 16.5 Å². The van der Waals surface area contributed by atoms with E-state index in [9.17, 15) is 0 Å². The van der Waals surface area contributed by atoms with Crippen molar-refractivity contribution < 1.29 is 38.9 Å². The molecule has 0 atom stereocenters. The van der Waals surface area contributed by atoms with Gasteiger partial charge in [0.05, 0.1) is 0 Å². The molecule has 0 rings (SSSR count). The van der Waals surface area contributed by atoms with Crippen LogP contribution in [-0.4, -0.2) is 21.7 Å². The number of rotatable bonds is 3. The van der Waals surface area contributed by atoms with Crippen LogP contribution in [0.15, 0.2) is 0 Å². The average molecular weight is 356 g/mol. The second-order valence-electron chi connectivity index (χ2n) is 1.45. The Morgan fingerprint density at radius 1 is 1.31 bits per heavy atom. The molecule has 0 aliphatic carbocycles. The molecule has 0 aromatic heterocycles. The van der Waals surface area contributed by atoms with Crippen molar-refractivity contribution >= 4 is 58.3 Å². The minimum absolute atomic E-state index is 0. The van der Waals surface area contributed by atoms with Gasteiger partial charge < -0.3 is 35.5 Å². The summed E-state index contributed by atoms with van der Waals surface area (Å²) in [5.74, 6) is 0. The number of hydrogen-bond donors (Lipinski definition) is 3. The molecular weight excluding hydrogens is 349 g/mol. The van der Waals surface area contributed by atoms with Gasteiger partial charge in [-0.15, -0.1) is 12.6 Å². The number of nitrogens with one attached hydrogen (secondary N) is 2. The third kappa shape index (κ3) is 24.7. The fourth-order valence-electron chi connectivity index (χ4n) is 0.334. The fraction of sp³-hybridized carbons (Fsp3) is 0.500. The van der Waals surface area contributed by atoms with Gasteiger partial charge in [0.1, 0.15) is 4.32 Å². The maximum absolute atomic E-state index is 8.38. The topological polar surface area (TPSA) is 41.1 Å². The van der Waals surface area contributed by atoms with E-state index in [1.807, 2.05) is 0 Å². The molecule has 0 bridgehead atoms. The molecule has 0 heterocycles. The van der Waals surface area contributed by atoms with Crippen molar-refractivity contribution in [3.05, 3.63) is 0 Å². The van der Waals surface area contributed by atoms with Crippen molar-refractivity contribution in [2.24, 2.45) is 0 Å². The van der Waals surface area contributed by atoms with Gasteiger partial charge in [0.15, 0.2) is 0 Å². The van der Waals surface area contributed by atoms with Crippen molar-refractivity contribution in [1.29, 1.82) is 0 Å². The summed E-state index contributed by atoms with van der Waals surface area (Å²) in [5, 5.41) is 5.62. The van der Waals surface area contributed by atoms with Gasteiger partial charge in [-0.3, -0.25) is 0 Å². The maximum atomic E-state index is 8.38. The third-order valence-corrected chi connectivity index (χ3v) is 1.26. The summed E-state index contributed by atoms with van der Waals surface area (Å²) < 4.78 is 9.24. The molecule has 76 valence electrons. The molecule has 0 radical (unpaired) electrons. The van der Waals surface area contributed by atoms with Crippen LogP contribution < -0.4 is 10.6 Å². The molecule has 0 aliphatic rings. The van der Waals surface area contributed by atoms with E-state index in [0.29, 0.717) is 21.7 Å². The van der Waals surface area contributed by atoms with Crippen LogP contribution in [0.25, 0.3) is 0 Å². The van der Waals surface area contributed by atoms with E-state index in [1.165, 1.54) is 0 Å². The van der Waals surface area contributed by atoms with Gasteiger partial charge in [0.2, 0.25) is 0 Å². The van der Waals surface area contributed by atoms with Gasteiger partial charge in [0, 0.05) is 13.1 Å². The number of thiol groups is 1. The average Bonchev–Trinajstić information content (AvgIpc) is 2.02. The van der Waals surface area contributed by atoms with E-state index < -0.39 is 0 Å². The van der Waals surface area contributed by atoms with Gasteiger partial charge in [-0.2, -0.15) is 0 Å². The SMILES string of the molecule is S=C([S-])NCCNC(=S)S.[Cu+].[O]=[Zn]. The van der Waals surface area contributed by atoms with Crippen molar-refractivity contribution in [2.45, 2.75) is 0 Å². The van der Waals surface area contributed by atoms with Crippen LogP contribution in [0.4, 0.5) is 0 Å². The zero-order valence-corrected chi connectivity index (χ0v) is 13.8. The van der Waals surface area contributed by atoms with Crippen LogP contribution in [0.2, 0.25) is 0 Å². The van der Waals surface area contributed by atoms with Crippen molar-refractivity contribution in [1.82, 2.24) is 10.6 Å². The zero-order valence-electron chi connectivity index (χ0n) is 6.50. The van der Waals surface area contributed by atoms with E-state index in [4.69, 9.17) is 3.57 Å². The molecule has 0 fully saturated rings. The molecule has 0 aliphatic heterocycles. The molecule has 3 nitrogen and oxygen atoms in total. The molecule has 0 saturated heterocycles. The predicted molar refractivity (Wildman–Crippen MR) is 58.2 cm³/mol. The van der Waals surface area contributed by atoms with Crippen molar-refractivity contribution in [2.75, 3.05) is 13.1 Å². The van der Waals surface area contributed by atoms with Crippen LogP contribution >= 0.6 is 37.1 Å². The Labute approximate surface area is 120 Å². The molecule has 0 aromatic rings. The summed E-state index contributed by atoms with van der Waals surface area (Å²) in [5.41, 5.74) is 0. The Hall–Kier alpha value is 1.29. The molecule has 0 saturated carbocycles. The van der Waals surface area contributed by atoms with E-state index in [-0.39, 0.29) is 35.3 Å².